The van der Waals surface area contributed by atoms with Crippen molar-refractivity contribution in [3.8, 4) is 10.4 Å². The number of likely N-dealkylation sites (N-methyl/N-ethyl adjacent to an activating group) is 1. The summed E-state index contributed by atoms with van der Waals surface area (Å²) in [6, 6.07) is 18.9. The quantitative estimate of drug-likeness (QED) is 0.363. The number of amides is 2. The number of nitrogens with one attached hydrogen (secondary N) is 2. The standard InChI is InChI=1S/C28H27N5O2S/c1-33-10-9-19-5-6-24(13-22(19)17-33)32-27(34)20-4-2-3-18(11-20)14-31-28(35)26-8-7-25(36-26)21-12-23(29)16-30-15-21/h2-8,11-13,15-16H,9-10,14,17,29H2,1H3,(H,31,35)(H,32,34). The number of thiophene rings is 1. The van der Waals surface area contributed by atoms with Gasteiger partial charge in [-0.2, -0.15) is 0 Å². The van der Waals surface area contributed by atoms with Gasteiger partial charge in [-0.05, 0) is 72.6 Å². The molecule has 8 heteroatoms. The van der Waals surface area contributed by atoms with Crippen LogP contribution in [0, 0.1) is 0 Å². The Morgan fingerprint density at radius 1 is 1.03 bits per heavy atom. The summed E-state index contributed by atoms with van der Waals surface area (Å²) in [7, 11) is 2.10. The molecule has 0 atom stereocenters. The number of rotatable bonds is 6. The minimum absolute atomic E-state index is 0.169. The SMILES string of the molecule is CN1CCc2ccc(NC(=O)c3cccc(CNC(=O)c4ccc(-c5cncc(N)c5)s4)c3)cc2C1. The molecule has 182 valence electrons. The summed E-state index contributed by atoms with van der Waals surface area (Å²) in [6.07, 6.45) is 4.34. The highest BCUT2D eigenvalue weighted by atomic mass is 32.1. The van der Waals surface area contributed by atoms with E-state index in [4.69, 9.17) is 5.73 Å². The first-order chi connectivity index (χ1) is 17.4. The van der Waals surface area contributed by atoms with E-state index in [0.717, 1.165) is 41.2 Å². The Morgan fingerprint density at radius 2 is 1.92 bits per heavy atom. The van der Waals surface area contributed by atoms with Crippen LogP contribution in [0.5, 0.6) is 0 Å². The van der Waals surface area contributed by atoms with Crippen LogP contribution in [0.1, 0.15) is 36.7 Å². The zero-order valence-corrected chi connectivity index (χ0v) is 20.8. The number of nitrogens with zero attached hydrogens (tertiary/aromatic N) is 2. The maximum atomic E-state index is 12.9. The molecule has 0 fully saturated rings. The largest absolute Gasteiger partial charge is 0.397 e. The maximum Gasteiger partial charge on any atom is 0.261 e. The minimum atomic E-state index is -0.175. The Hall–Kier alpha value is -4.01. The van der Waals surface area contributed by atoms with Gasteiger partial charge in [0.2, 0.25) is 0 Å². The Balaban J connectivity index is 1.21. The van der Waals surface area contributed by atoms with Crippen molar-refractivity contribution >= 4 is 34.5 Å². The van der Waals surface area contributed by atoms with E-state index >= 15 is 0 Å². The van der Waals surface area contributed by atoms with Crippen LogP contribution in [-0.4, -0.2) is 35.3 Å². The number of anilines is 2. The summed E-state index contributed by atoms with van der Waals surface area (Å²) < 4.78 is 0. The smallest absolute Gasteiger partial charge is 0.261 e. The molecule has 0 unspecified atom stereocenters. The molecule has 2 aromatic carbocycles. The van der Waals surface area contributed by atoms with Crippen molar-refractivity contribution in [1.82, 2.24) is 15.2 Å². The summed E-state index contributed by atoms with van der Waals surface area (Å²) in [4.78, 5) is 33.5. The van der Waals surface area contributed by atoms with Crippen molar-refractivity contribution < 1.29 is 9.59 Å². The number of carbonyl (C=O) groups is 2. The van der Waals surface area contributed by atoms with Crippen molar-refractivity contribution in [3.63, 3.8) is 0 Å². The number of carbonyl (C=O) groups excluding carboxylic acids is 2. The molecule has 7 nitrogen and oxygen atoms in total. The van der Waals surface area contributed by atoms with Gasteiger partial charge in [-0.15, -0.1) is 11.3 Å². The summed E-state index contributed by atoms with van der Waals surface area (Å²) in [6.45, 7) is 2.25. The number of pyridine rings is 1. The van der Waals surface area contributed by atoms with Crippen molar-refractivity contribution in [2.75, 3.05) is 24.6 Å². The van der Waals surface area contributed by atoms with E-state index in [1.807, 2.05) is 30.3 Å². The summed E-state index contributed by atoms with van der Waals surface area (Å²) in [5.74, 6) is -0.345. The molecule has 0 saturated heterocycles. The lowest BCUT2D eigenvalue weighted by Crippen LogP contribution is -2.26. The average molecular weight is 498 g/mol. The fraction of sp³-hybridized carbons (Fsp3) is 0.179. The van der Waals surface area contributed by atoms with Crippen LogP contribution in [0.3, 0.4) is 0 Å². The molecule has 0 saturated carbocycles. The van der Waals surface area contributed by atoms with E-state index in [1.54, 1.807) is 30.6 Å². The highest BCUT2D eigenvalue weighted by Gasteiger charge is 2.15. The number of nitrogen functional groups attached to an aromatic ring is 1. The third-order valence-corrected chi connectivity index (χ3v) is 7.32. The van der Waals surface area contributed by atoms with E-state index in [-0.39, 0.29) is 11.8 Å². The van der Waals surface area contributed by atoms with Gasteiger partial charge in [0.1, 0.15) is 0 Å². The number of nitrogens with two attached hydrogens (primary N) is 1. The molecule has 3 heterocycles. The first kappa shape index (κ1) is 23.7. The molecule has 0 radical (unpaired) electrons. The average Bonchev–Trinajstić information content (AvgIpc) is 3.38. The van der Waals surface area contributed by atoms with Crippen LogP contribution >= 0.6 is 11.3 Å². The summed E-state index contributed by atoms with van der Waals surface area (Å²) in [5, 5.41) is 5.95. The first-order valence-electron chi connectivity index (χ1n) is 11.7. The number of aromatic nitrogens is 1. The van der Waals surface area contributed by atoms with Gasteiger partial charge in [0.25, 0.3) is 11.8 Å². The van der Waals surface area contributed by atoms with Gasteiger partial charge in [-0.1, -0.05) is 18.2 Å². The highest BCUT2D eigenvalue weighted by molar-refractivity contribution is 7.17. The number of benzene rings is 2. The molecule has 36 heavy (non-hydrogen) atoms. The van der Waals surface area contributed by atoms with Crippen molar-refractivity contribution in [2.24, 2.45) is 0 Å². The zero-order valence-electron chi connectivity index (χ0n) is 20.0. The van der Waals surface area contributed by atoms with Gasteiger partial charge in [-0.25, -0.2) is 0 Å². The fourth-order valence-electron chi connectivity index (χ4n) is 4.28. The number of hydrogen-bond acceptors (Lipinski definition) is 6. The third-order valence-electron chi connectivity index (χ3n) is 6.18. The van der Waals surface area contributed by atoms with Crippen LogP contribution in [0.2, 0.25) is 0 Å². The number of hydrogen-bond donors (Lipinski definition) is 3. The molecular formula is C28H27N5O2S. The Kier molecular flexibility index (Phi) is 6.79. The molecule has 1 aliphatic heterocycles. The van der Waals surface area contributed by atoms with E-state index in [9.17, 15) is 9.59 Å². The maximum absolute atomic E-state index is 12.9. The predicted molar refractivity (Wildman–Crippen MR) is 144 cm³/mol. The van der Waals surface area contributed by atoms with E-state index in [1.165, 1.54) is 22.5 Å². The highest BCUT2D eigenvalue weighted by Crippen LogP contribution is 2.28. The zero-order chi connectivity index (χ0) is 25.1. The molecule has 2 amide bonds. The topological polar surface area (TPSA) is 100 Å². The summed E-state index contributed by atoms with van der Waals surface area (Å²) in [5.41, 5.74) is 12.0. The molecule has 0 spiro atoms. The van der Waals surface area contributed by atoms with Gasteiger partial charge in [-0.3, -0.25) is 14.6 Å². The Bertz CT molecular complexity index is 1430. The lowest BCUT2D eigenvalue weighted by Gasteiger charge is -2.25. The Morgan fingerprint density at radius 3 is 2.78 bits per heavy atom. The second-order valence-electron chi connectivity index (χ2n) is 8.98. The minimum Gasteiger partial charge on any atom is -0.397 e. The van der Waals surface area contributed by atoms with Crippen molar-refractivity contribution in [3.05, 3.63) is 100 Å². The van der Waals surface area contributed by atoms with Gasteiger partial charge in [0.05, 0.1) is 10.6 Å². The van der Waals surface area contributed by atoms with Gasteiger partial charge in [0.15, 0.2) is 0 Å². The molecule has 4 N–H and O–H groups in total. The molecule has 0 bridgehead atoms. The first-order valence-corrected chi connectivity index (χ1v) is 12.6. The number of fused-ring (bicyclic) bond motifs is 1. The third kappa shape index (κ3) is 5.45. The van der Waals surface area contributed by atoms with Gasteiger partial charge >= 0.3 is 0 Å². The lowest BCUT2D eigenvalue weighted by molar-refractivity contribution is 0.0954. The Labute approximate surface area is 214 Å². The molecule has 1 aliphatic rings. The van der Waals surface area contributed by atoms with Crippen LogP contribution in [0.15, 0.2) is 73.1 Å². The van der Waals surface area contributed by atoms with Crippen LogP contribution in [0.25, 0.3) is 10.4 Å². The second kappa shape index (κ2) is 10.3. The van der Waals surface area contributed by atoms with Gasteiger partial charge in [0, 0.05) is 53.7 Å². The van der Waals surface area contributed by atoms with Crippen LogP contribution in [0.4, 0.5) is 11.4 Å². The molecular weight excluding hydrogens is 470 g/mol. The van der Waals surface area contributed by atoms with E-state index < -0.39 is 0 Å². The normalized spacial score (nSPS) is 13.1. The van der Waals surface area contributed by atoms with E-state index in [0.29, 0.717) is 22.7 Å². The van der Waals surface area contributed by atoms with Crippen LogP contribution in [-0.2, 0) is 19.5 Å². The summed E-state index contributed by atoms with van der Waals surface area (Å²) >= 11 is 1.38. The molecule has 0 aliphatic carbocycles. The molecule has 4 aromatic rings. The second-order valence-corrected chi connectivity index (χ2v) is 10.1. The molecule has 5 rings (SSSR count). The fourth-order valence-corrected chi connectivity index (χ4v) is 5.18. The lowest BCUT2D eigenvalue weighted by atomic mass is 9.99. The van der Waals surface area contributed by atoms with Crippen molar-refractivity contribution in [1.29, 1.82) is 0 Å². The van der Waals surface area contributed by atoms with E-state index in [2.05, 4.69) is 39.7 Å². The van der Waals surface area contributed by atoms with Crippen molar-refractivity contribution in [2.45, 2.75) is 19.5 Å². The predicted octanol–water partition coefficient (Wildman–Crippen LogP) is 4.56. The van der Waals surface area contributed by atoms with Gasteiger partial charge < -0.3 is 21.3 Å². The molecule has 2 aromatic heterocycles. The monoisotopic (exact) mass is 497 g/mol. The van der Waals surface area contributed by atoms with Crippen LogP contribution < -0.4 is 16.4 Å².